The number of aromatic nitrogens is 5. The standard InChI is InChI=1S/C40H51FN8O9/c1-20-42-16-24(18-49(20)40(8,9)53-11)56-35-45-33-28(34(46-35)48-17-21-12-23(48)15-26(21)43-36(51)58-39(5,6)7)25-13-22(41)14-27(29(25)44-33)47(10)37(52)55-19-54-31-30(50)32(31)57-38(2,3)4/h13-14,16,18,21,23,26,31-32H,12,15,17,19H2,1-11H3,(H-,43,44,45,46,51)/p+1. The second kappa shape index (κ2) is 14.9. The molecule has 5 atom stereocenters. The lowest BCUT2D eigenvalue weighted by Gasteiger charge is -2.33. The van der Waals surface area contributed by atoms with Crippen molar-refractivity contribution in [1.29, 1.82) is 0 Å². The summed E-state index contributed by atoms with van der Waals surface area (Å²) < 4.78 is 51.4. The fourth-order valence-corrected chi connectivity index (χ4v) is 7.67. The lowest BCUT2D eigenvalue weighted by atomic mass is 10.0. The Bertz CT molecular complexity index is 2270. The van der Waals surface area contributed by atoms with Gasteiger partial charge in [-0.25, -0.2) is 18.5 Å². The van der Waals surface area contributed by atoms with Crippen LogP contribution in [0.15, 0.2) is 24.5 Å². The van der Waals surface area contributed by atoms with Gasteiger partial charge in [-0.3, -0.25) is 9.69 Å². The van der Waals surface area contributed by atoms with Gasteiger partial charge >= 0.3 is 18.2 Å². The molecule has 58 heavy (non-hydrogen) atoms. The van der Waals surface area contributed by atoms with Crippen LogP contribution in [-0.4, -0.2) is 101 Å². The summed E-state index contributed by atoms with van der Waals surface area (Å²) in [6.45, 7) is 16.6. The molecule has 1 aliphatic heterocycles. The fraction of sp³-hybridized carbons (Fsp3) is 0.575. The fourth-order valence-electron chi connectivity index (χ4n) is 7.67. The number of aryl methyl sites for hydroxylation is 1. The number of halogens is 1. The third kappa shape index (κ3) is 8.35. The average molecular weight is 808 g/mol. The summed E-state index contributed by atoms with van der Waals surface area (Å²) in [5.41, 5.74) is -1.02. The Kier molecular flexibility index (Phi) is 10.5. The van der Waals surface area contributed by atoms with Gasteiger partial charge in [0.05, 0.1) is 22.2 Å². The molecular formula is C40H52FN8O9+. The van der Waals surface area contributed by atoms with E-state index in [9.17, 15) is 14.4 Å². The predicted octanol–water partition coefficient (Wildman–Crippen LogP) is 5.55. The third-order valence-corrected chi connectivity index (χ3v) is 10.5. The summed E-state index contributed by atoms with van der Waals surface area (Å²) in [4.78, 5) is 58.9. The first-order valence-corrected chi connectivity index (χ1v) is 19.3. The van der Waals surface area contributed by atoms with Crippen molar-refractivity contribution in [2.75, 3.05) is 37.3 Å². The maximum atomic E-state index is 15.6. The van der Waals surface area contributed by atoms with Crippen LogP contribution in [0.3, 0.4) is 0 Å². The van der Waals surface area contributed by atoms with Gasteiger partial charge in [0.15, 0.2) is 31.0 Å². The van der Waals surface area contributed by atoms with Crippen molar-refractivity contribution in [2.24, 2.45) is 5.92 Å². The van der Waals surface area contributed by atoms with Crippen LogP contribution in [-0.2, 0) is 34.2 Å². The zero-order chi connectivity index (χ0) is 42.1. The van der Waals surface area contributed by atoms with Gasteiger partial charge in [0.2, 0.25) is 11.5 Å². The molecule has 0 radical (unpaired) electrons. The average Bonchev–Trinajstić information content (AvgIpc) is 3.51. The van der Waals surface area contributed by atoms with Crippen molar-refractivity contribution in [2.45, 2.75) is 116 Å². The number of methoxy groups -OCH3 is 1. The number of rotatable bonds is 11. The number of carbonyl (C=O) groups excluding carboxylic acids is 3. The number of ether oxygens (including phenoxy) is 6. The van der Waals surface area contributed by atoms with Gasteiger partial charge in [-0.1, -0.05) is 4.98 Å². The molecule has 17 nitrogen and oxygen atoms in total. The highest BCUT2D eigenvalue weighted by Gasteiger charge is 2.54. The number of amides is 2. The molecule has 0 spiro atoms. The van der Waals surface area contributed by atoms with Crippen molar-refractivity contribution < 1.29 is 51.8 Å². The SMILES string of the molecule is COC(C)(C)[n+]1cc(Oc2nc(N3CC4CC3CC4NC(=O)OC(C)(C)C)c3c(n2)[nH]c2c(N(C)C(=O)OCOC4C(=O)C4OC(C)(C)C)cc(F)cc23)cnc1C. The summed E-state index contributed by atoms with van der Waals surface area (Å²) in [6, 6.07) is 2.45. The number of Topliss-reactive ketones (excluding diaryl/α,β-unsaturated/α-hetero) is 1. The zero-order valence-corrected chi connectivity index (χ0v) is 34.8. The van der Waals surface area contributed by atoms with Gasteiger partial charge in [-0.05, 0) is 72.4 Å². The summed E-state index contributed by atoms with van der Waals surface area (Å²) in [7, 11) is 3.04. The number of piperidine rings is 1. The Labute approximate surface area is 335 Å². The molecule has 2 aliphatic carbocycles. The van der Waals surface area contributed by atoms with Gasteiger partial charge in [0, 0.05) is 58.9 Å². The molecule has 1 aromatic carbocycles. The highest BCUT2D eigenvalue weighted by Crippen LogP contribution is 2.45. The molecule has 2 bridgehead atoms. The van der Waals surface area contributed by atoms with Crippen LogP contribution >= 0.6 is 0 Å². The molecule has 2 saturated carbocycles. The van der Waals surface area contributed by atoms with E-state index in [4.69, 9.17) is 38.4 Å². The number of anilines is 2. The lowest BCUT2D eigenvalue weighted by molar-refractivity contribution is -0.807. The summed E-state index contributed by atoms with van der Waals surface area (Å²) in [5.74, 6) is 0.778. The van der Waals surface area contributed by atoms with E-state index in [-0.39, 0.29) is 35.5 Å². The zero-order valence-electron chi connectivity index (χ0n) is 34.8. The first-order valence-electron chi connectivity index (χ1n) is 19.3. The molecule has 3 aliphatic rings. The normalized spacial score (nSPS) is 21.8. The number of benzene rings is 1. The van der Waals surface area contributed by atoms with Crippen molar-refractivity contribution >= 4 is 51.4 Å². The molecule has 18 heteroatoms. The molecule has 2 N–H and O–H groups in total. The highest BCUT2D eigenvalue weighted by molar-refractivity contribution is 6.16. The van der Waals surface area contributed by atoms with Crippen molar-refractivity contribution in [3.8, 4) is 11.8 Å². The number of fused-ring (bicyclic) bond motifs is 5. The minimum absolute atomic E-state index is 0.00277. The maximum absolute atomic E-state index is 15.6. The number of hydrogen-bond donors (Lipinski definition) is 2. The topological polar surface area (TPSA) is 183 Å². The van der Waals surface area contributed by atoms with Gasteiger partial charge in [-0.15, -0.1) is 0 Å². The van der Waals surface area contributed by atoms with Crippen molar-refractivity contribution in [3.05, 3.63) is 36.2 Å². The number of ketones is 1. The number of nitrogens with zero attached hydrogens (tertiary/aromatic N) is 6. The van der Waals surface area contributed by atoms with Crippen LogP contribution in [0.2, 0.25) is 0 Å². The second-order valence-electron chi connectivity index (χ2n) is 17.5. The smallest absolute Gasteiger partial charge is 0.416 e. The van der Waals surface area contributed by atoms with Crippen LogP contribution in [0.5, 0.6) is 11.8 Å². The largest absolute Gasteiger partial charge is 0.444 e. The molecule has 4 aromatic rings. The quantitative estimate of drug-likeness (QED) is 0.142. The van der Waals surface area contributed by atoms with E-state index in [2.05, 4.69) is 20.2 Å². The number of alkyl carbamates (subject to hydrolysis) is 1. The van der Waals surface area contributed by atoms with E-state index in [1.807, 2.05) is 66.9 Å². The van der Waals surface area contributed by atoms with E-state index in [0.29, 0.717) is 52.3 Å². The molecule has 7 rings (SSSR count). The lowest BCUT2D eigenvalue weighted by Crippen LogP contribution is -2.55. The highest BCUT2D eigenvalue weighted by atomic mass is 19.1. The van der Waals surface area contributed by atoms with Crippen LogP contribution in [0.25, 0.3) is 21.9 Å². The van der Waals surface area contributed by atoms with Crippen LogP contribution in [0, 0.1) is 18.7 Å². The Balaban J connectivity index is 1.21. The van der Waals surface area contributed by atoms with E-state index in [1.165, 1.54) is 19.2 Å². The molecule has 2 amide bonds. The Hall–Kier alpha value is -5.20. The monoisotopic (exact) mass is 807 g/mol. The number of H-pyrrole nitrogens is 1. The first-order chi connectivity index (χ1) is 27.1. The van der Waals surface area contributed by atoms with E-state index in [0.717, 1.165) is 11.3 Å². The molecular weight excluding hydrogens is 755 g/mol. The predicted molar refractivity (Wildman–Crippen MR) is 208 cm³/mol. The molecule has 312 valence electrons. The third-order valence-electron chi connectivity index (χ3n) is 10.5. The van der Waals surface area contributed by atoms with Crippen LogP contribution in [0.1, 0.15) is 74.1 Å². The van der Waals surface area contributed by atoms with Gasteiger partial charge in [0.1, 0.15) is 29.1 Å². The van der Waals surface area contributed by atoms with Gasteiger partial charge < -0.3 is 43.6 Å². The number of nitrogens with one attached hydrogen (secondary N) is 2. The maximum Gasteiger partial charge on any atom is 0.416 e. The Morgan fingerprint density at radius 1 is 1.07 bits per heavy atom. The Morgan fingerprint density at radius 2 is 1.81 bits per heavy atom. The molecule has 5 unspecified atom stereocenters. The molecule has 1 saturated heterocycles. The first kappa shape index (κ1) is 41.0. The number of carbonyl (C=O) groups is 3. The van der Waals surface area contributed by atoms with Gasteiger partial charge in [-0.2, -0.15) is 9.97 Å². The number of aromatic amines is 1. The second-order valence-corrected chi connectivity index (χ2v) is 17.5. The van der Waals surface area contributed by atoms with Crippen molar-refractivity contribution in [1.82, 2.24) is 25.3 Å². The van der Waals surface area contributed by atoms with E-state index < -0.39 is 53.9 Å². The van der Waals surface area contributed by atoms with Crippen molar-refractivity contribution in [3.63, 3.8) is 0 Å². The summed E-state index contributed by atoms with van der Waals surface area (Å²) in [5, 5.41) is 3.99. The minimum atomic E-state index is -0.846. The summed E-state index contributed by atoms with van der Waals surface area (Å²) >= 11 is 0. The molecule has 3 aromatic heterocycles. The minimum Gasteiger partial charge on any atom is -0.444 e. The molecule has 3 fully saturated rings. The molecule has 4 heterocycles. The van der Waals surface area contributed by atoms with Gasteiger partial charge in [0.25, 0.3) is 5.82 Å². The van der Waals surface area contributed by atoms with E-state index >= 15 is 4.39 Å². The van der Waals surface area contributed by atoms with Crippen LogP contribution in [0.4, 0.5) is 25.5 Å². The summed E-state index contributed by atoms with van der Waals surface area (Å²) in [6.07, 6.45) is 1.86. The number of hydrogen-bond acceptors (Lipinski definition) is 13. The van der Waals surface area contributed by atoms with Crippen LogP contribution < -0.4 is 24.4 Å². The Morgan fingerprint density at radius 3 is 2.47 bits per heavy atom. The van der Waals surface area contributed by atoms with E-state index in [1.54, 1.807) is 19.5 Å².